The van der Waals surface area contributed by atoms with Crippen LogP contribution in [0.25, 0.3) is 0 Å². The third kappa shape index (κ3) is 46.2. The lowest BCUT2D eigenvalue weighted by Crippen LogP contribution is -2.46. The number of rotatable bonds is 49. The van der Waals surface area contributed by atoms with Crippen molar-refractivity contribution in [3.63, 3.8) is 0 Å². The van der Waals surface area contributed by atoms with E-state index in [1.165, 1.54) is 180 Å². The zero-order valence-corrected chi connectivity index (χ0v) is 42.0. The third-order valence-corrected chi connectivity index (χ3v) is 12.4. The molecular formula is C57H105NO5. The Kier molecular flexibility index (Phi) is 49.1. The van der Waals surface area contributed by atoms with Crippen LogP contribution in [0.4, 0.5) is 0 Å². The molecule has 0 aliphatic rings. The summed E-state index contributed by atoms with van der Waals surface area (Å²) >= 11 is 0. The van der Waals surface area contributed by atoms with Crippen molar-refractivity contribution in [2.75, 3.05) is 6.61 Å². The molecule has 3 unspecified atom stereocenters. The minimum Gasteiger partial charge on any atom is -0.458 e. The molecule has 0 heterocycles. The smallest absolute Gasteiger partial charge is 0.306 e. The van der Waals surface area contributed by atoms with E-state index in [1.807, 2.05) is 12.2 Å². The van der Waals surface area contributed by atoms with Crippen LogP contribution in [0.3, 0.4) is 0 Å². The molecule has 0 aromatic heterocycles. The highest BCUT2D eigenvalue weighted by molar-refractivity contribution is 5.78. The number of nitrogens with one attached hydrogen (secondary N) is 1. The molecule has 63 heavy (non-hydrogen) atoms. The van der Waals surface area contributed by atoms with Gasteiger partial charge >= 0.3 is 5.97 Å². The van der Waals surface area contributed by atoms with Crippen molar-refractivity contribution in [1.82, 2.24) is 5.32 Å². The van der Waals surface area contributed by atoms with E-state index < -0.39 is 18.2 Å². The first-order chi connectivity index (χ1) is 31.0. The van der Waals surface area contributed by atoms with Gasteiger partial charge in [0.15, 0.2) is 0 Å². The summed E-state index contributed by atoms with van der Waals surface area (Å²) in [4.78, 5) is 26.1. The van der Waals surface area contributed by atoms with E-state index >= 15 is 0 Å². The number of carbonyl (C=O) groups excluding carboxylic acids is 2. The summed E-state index contributed by atoms with van der Waals surface area (Å²) in [5, 5.41) is 23.7. The van der Waals surface area contributed by atoms with Gasteiger partial charge in [-0.25, -0.2) is 0 Å². The molecule has 6 heteroatoms. The Balaban J connectivity index is 4.53. The molecule has 368 valence electrons. The number of allylic oxidation sites excluding steroid dienone is 7. The lowest BCUT2D eigenvalue weighted by Gasteiger charge is -2.23. The summed E-state index contributed by atoms with van der Waals surface area (Å²) in [6.45, 7) is 6.43. The van der Waals surface area contributed by atoms with E-state index in [1.54, 1.807) is 0 Å². The minimum absolute atomic E-state index is 0.0292. The van der Waals surface area contributed by atoms with Crippen molar-refractivity contribution in [2.45, 2.75) is 296 Å². The van der Waals surface area contributed by atoms with Gasteiger partial charge in [0.05, 0.1) is 25.2 Å². The van der Waals surface area contributed by atoms with Crippen LogP contribution in [0, 0.1) is 0 Å². The predicted molar refractivity (Wildman–Crippen MR) is 273 cm³/mol. The molecule has 0 bridgehead atoms. The lowest BCUT2D eigenvalue weighted by molar-refractivity contribution is -0.148. The summed E-state index contributed by atoms with van der Waals surface area (Å²) in [6, 6.07) is -0.732. The van der Waals surface area contributed by atoms with Gasteiger partial charge in [-0.1, -0.05) is 243 Å². The number of aliphatic hydroxyl groups excluding tert-OH is 2. The number of hydrogen-bond donors (Lipinski definition) is 3. The van der Waals surface area contributed by atoms with Gasteiger partial charge in [-0.3, -0.25) is 9.59 Å². The van der Waals surface area contributed by atoms with Crippen molar-refractivity contribution in [1.29, 1.82) is 0 Å². The fourth-order valence-corrected chi connectivity index (χ4v) is 8.19. The Morgan fingerprint density at radius 3 is 1.29 bits per heavy atom. The number of hydrogen-bond acceptors (Lipinski definition) is 5. The van der Waals surface area contributed by atoms with Gasteiger partial charge in [-0.05, 0) is 70.3 Å². The third-order valence-electron chi connectivity index (χ3n) is 12.4. The van der Waals surface area contributed by atoms with Crippen molar-refractivity contribution >= 4 is 11.9 Å². The molecule has 0 spiro atoms. The molecule has 0 saturated carbocycles. The van der Waals surface area contributed by atoms with Crippen molar-refractivity contribution < 1.29 is 24.5 Å². The van der Waals surface area contributed by atoms with Crippen LogP contribution in [-0.2, 0) is 14.3 Å². The van der Waals surface area contributed by atoms with Crippen molar-refractivity contribution in [3.8, 4) is 0 Å². The molecule has 0 aromatic rings. The standard InChI is InChI=1S/C57H105NO5/c1-4-7-10-13-16-19-22-24-26-27-28-29-30-32-35-38-41-44-47-50-57(62)63-53(48-45-42-39-36-33-21-18-15-12-9-6-3)51-56(61)58-54(52-59)55(60)49-46-43-40-37-34-31-25-23-20-17-14-11-8-5-2/h16,19,24,26,36,39,45,48,53-55,59-60H,4-15,17-18,20-23,25,27-35,37-38,40-44,46-47,49-52H2,1-3H3,(H,58,61)/b19-16-,26-24-,39-36-,48-45+. The maximum absolute atomic E-state index is 13.2. The molecule has 0 fully saturated rings. The molecule has 0 aliphatic heterocycles. The van der Waals surface area contributed by atoms with E-state index in [0.29, 0.717) is 12.8 Å². The molecule has 0 aromatic carbocycles. The van der Waals surface area contributed by atoms with Crippen LogP contribution in [0.1, 0.15) is 278 Å². The molecule has 3 atom stereocenters. The highest BCUT2D eigenvalue weighted by atomic mass is 16.5. The Hall–Kier alpha value is -2.18. The highest BCUT2D eigenvalue weighted by Crippen LogP contribution is 2.16. The monoisotopic (exact) mass is 884 g/mol. The van der Waals surface area contributed by atoms with E-state index in [4.69, 9.17) is 4.74 Å². The average Bonchev–Trinajstić information content (AvgIpc) is 3.28. The van der Waals surface area contributed by atoms with Gasteiger partial charge in [0, 0.05) is 6.42 Å². The normalized spacial score (nSPS) is 13.5. The summed E-state index contributed by atoms with van der Waals surface area (Å²) in [6.07, 6.45) is 62.1. The molecule has 0 aliphatic carbocycles. The Bertz CT molecular complexity index is 1080. The molecule has 0 rings (SSSR count). The fourth-order valence-electron chi connectivity index (χ4n) is 8.19. The molecule has 1 amide bonds. The molecule has 0 radical (unpaired) electrons. The number of amides is 1. The zero-order valence-electron chi connectivity index (χ0n) is 42.0. The Morgan fingerprint density at radius 1 is 0.476 bits per heavy atom. The van der Waals surface area contributed by atoms with Crippen LogP contribution in [0.15, 0.2) is 48.6 Å². The van der Waals surface area contributed by atoms with Crippen LogP contribution < -0.4 is 5.32 Å². The Labute approximate surface area is 391 Å². The number of carbonyl (C=O) groups is 2. The minimum atomic E-state index is -0.811. The number of ether oxygens (including phenoxy) is 1. The largest absolute Gasteiger partial charge is 0.458 e. The first kappa shape index (κ1) is 60.8. The SMILES string of the molecule is CCCCC/C=C\C/C=C\CCCCCCCCCCCC(=O)OC(/C=C/C/C=C\CCCCCCCC)CC(=O)NC(CO)C(O)CCCCCCCCCCCCCCCC. The second-order valence-corrected chi connectivity index (χ2v) is 18.6. The summed E-state index contributed by atoms with van der Waals surface area (Å²) < 4.78 is 5.84. The molecule has 6 nitrogen and oxygen atoms in total. The number of unbranched alkanes of at least 4 members (excludes halogenated alkanes) is 31. The first-order valence-corrected chi connectivity index (χ1v) is 27.4. The summed E-state index contributed by atoms with van der Waals surface area (Å²) in [7, 11) is 0. The van der Waals surface area contributed by atoms with Gasteiger partial charge in [0.25, 0.3) is 0 Å². The lowest BCUT2D eigenvalue weighted by atomic mass is 10.0. The summed E-state index contributed by atoms with van der Waals surface area (Å²) in [5.74, 6) is -0.600. The molecule has 0 saturated heterocycles. The fraction of sp³-hybridized carbons (Fsp3) is 0.825. The average molecular weight is 884 g/mol. The topological polar surface area (TPSA) is 95.9 Å². The molecule has 3 N–H and O–H groups in total. The van der Waals surface area contributed by atoms with E-state index in [2.05, 4.69) is 62.5 Å². The molecular weight excluding hydrogens is 779 g/mol. The van der Waals surface area contributed by atoms with Gasteiger partial charge < -0.3 is 20.3 Å². The van der Waals surface area contributed by atoms with Gasteiger partial charge in [0.2, 0.25) is 5.91 Å². The number of aliphatic hydroxyl groups is 2. The second kappa shape index (κ2) is 50.8. The van der Waals surface area contributed by atoms with Gasteiger partial charge in [-0.15, -0.1) is 0 Å². The first-order valence-electron chi connectivity index (χ1n) is 27.4. The predicted octanol–water partition coefficient (Wildman–Crippen LogP) is 16.6. The Morgan fingerprint density at radius 2 is 0.841 bits per heavy atom. The van der Waals surface area contributed by atoms with Crippen molar-refractivity contribution in [3.05, 3.63) is 48.6 Å². The van der Waals surface area contributed by atoms with Crippen LogP contribution in [-0.4, -0.2) is 46.9 Å². The maximum atomic E-state index is 13.2. The van der Waals surface area contributed by atoms with Gasteiger partial charge in [-0.2, -0.15) is 0 Å². The van der Waals surface area contributed by atoms with Crippen LogP contribution in [0.5, 0.6) is 0 Å². The van der Waals surface area contributed by atoms with Crippen molar-refractivity contribution in [2.24, 2.45) is 0 Å². The van der Waals surface area contributed by atoms with Crippen LogP contribution in [0.2, 0.25) is 0 Å². The van der Waals surface area contributed by atoms with E-state index in [0.717, 1.165) is 57.8 Å². The quantitative estimate of drug-likeness (QED) is 0.0321. The van der Waals surface area contributed by atoms with E-state index in [9.17, 15) is 19.8 Å². The maximum Gasteiger partial charge on any atom is 0.306 e. The highest BCUT2D eigenvalue weighted by Gasteiger charge is 2.23. The van der Waals surface area contributed by atoms with Gasteiger partial charge in [0.1, 0.15) is 6.10 Å². The summed E-state index contributed by atoms with van der Waals surface area (Å²) in [5.41, 5.74) is 0. The van der Waals surface area contributed by atoms with Crippen LogP contribution >= 0.6 is 0 Å². The number of esters is 1. The zero-order chi connectivity index (χ0) is 45.9. The van der Waals surface area contributed by atoms with E-state index in [-0.39, 0.29) is 24.9 Å². The second-order valence-electron chi connectivity index (χ2n) is 18.6.